The average Bonchev–Trinajstić information content (AvgIpc) is 2.26. The molecule has 0 aliphatic rings. The van der Waals surface area contributed by atoms with Gasteiger partial charge in [-0.25, -0.2) is 0 Å². The standard InChI is InChI=1S/C13H19BrO3/c1-7(2)11-9(8(3)15)6-10(14)12(16-4)13(11)17-5/h6-8,15H,1-5H3. The molecular weight excluding hydrogens is 284 g/mol. The van der Waals surface area contributed by atoms with Gasteiger partial charge < -0.3 is 14.6 Å². The molecule has 0 saturated carbocycles. The van der Waals surface area contributed by atoms with Crippen LogP contribution in [0.15, 0.2) is 10.5 Å². The highest BCUT2D eigenvalue weighted by Crippen LogP contribution is 2.44. The minimum absolute atomic E-state index is 0.247. The Morgan fingerprint density at radius 3 is 2.00 bits per heavy atom. The van der Waals surface area contributed by atoms with Gasteiger partial charge in [0, 0.05) is 5.56 Å². The molecule has 0 saturated heterocycles. The van der Waals surface area contributed by atoms with E-state index in [2.05, 4.69) is 29.8 Å². The van der Waals surface area contributed by atoms with Crippen molar-refractivity contribution in [3.63, 3.8) is 0 Å². The number of ether oxygens (including phenoxy) is 2. The van der Waals surface area contributed by atoms with Crippen LogP contribution in [0.5, 0.6) is 11.5 Å². The zero-order valence-corrected chi connectivity index (χ0v) is 12.5. The number of methoxy groups -OCH3 is 2. The Morgan fingerprint density at radius 2 is 1.65 bits per heavy atom. The molecule has 0 amide bonds. The van der Waals surface area contributed by atoms with Gasteiger partial charge in [-0.05, 0) is 40.4 Å². The largest absolute Gasteiger partial charge is 0.493 e. The molecule has 1 rings (SSSR count). The third kappa shape index (κ3) is 2.75. The van der Waals surface area contributed by atoms with Crippen LogP contribution in [0, 0.1) is 0 Å². The summed E-state index contributed by atoms with van der Waals surface area (Å²) in [6, 6.07) is 1.89. The Bertz CT molecular complexity index is 400. The van der Waals surface area contributed by atoms with Gasteiger partial charge in [-0.1, -0.05) is 13.8 Å². The van der Waals surface area contributed by atoms with E-state index in [1.165, 1.54) is 0 Å². The topological polar surface area (TPSA) is 38.7 Å². The zero-order valence-electron chi connectivity index (χ0n) is 10.9. The van der Waals surface area contributed by atoms with Crippen LogP contribution >= 0.6 is 15.9 Å². The molecule has 4 heteroatoms. The summed E-state index contributed by atoms with van der Waals surface area (Å²) in [4.78, 5) is 0. The van der Waals surface area contributed by atoms with Crippen LogP contribution in [0.25, 0.3) is 0 Å². The number of aliphatic hydroxyl groups is 1. The van der Waals surface area contributed by atoms with Crippen molar-refractivity contribution in [3.8, 4) is 11.5 Å². The van der Waals surface area contributed by atoms with Crippen molar-refractivity contribution in [2.45, 2.75) is 32.8 Å². The molecule has 0 aliphatic heterocycles. The Hall–Kier alpha value is -0.740. The first-order valence-corrected chi connectivity index (χ1v) is 6.35. The third-order valence-corrected chi connectivity index (χ3v) is 3.29. The molecule has 0 radical (unpaired) electrons. The number of hydrogen-bond donors (Lipinski definition) is 1. The van der Waals surface area contributed by atoms with Gasteiger partial charge in [-0.2, -0.15) is 0 Å². The van der Waals surface area contributed by atoms with Crippen LogP contribution in [0.2, 0.25) is 0 Å². The number of halogens is 1. The molecule has 1 atom stereocenters. The SMILES string of the molecule is COc1c(Br)cc(C(C)O)c(C(C)C)c1OC. The van der Waals surface area contributed by atoms with E-state index in [4.69, 9.17) is 9.47 Å². The van der Waals surface area contributed by atoms with Gasteiger partial charge >= 0.3 is 0 Å². The van der Waals surface area contributed by atoms with Crippen molar-refractivity contribution >= 4 is 15.9 Å². The smallest absolute Gasteiger partial charge is 0.175 e. The van der Waals surface area contributed by atoms with Crippen molar-refractivity contribution in [1.82, 2.24) is 0 Å². The Morgan fingerprint density at radius 1 is 1.12 bits per heavy atom. The Balaban J connectivity index is 3.59. The average molecular weight is 303 g/mol. The second-order valence-corrected chi connectivity index (χ2v) is 5.11. The van der Waals surface area contributed by atoms with Gasteiger partial charge in [-0.3, -0.25) is 0 Å². The van der Waals surface area contributed by atoms with Crippen LogP contribution in [0.4, 0.5) is 0 Å². The summed E-state index contributed by atoms with van der Waals surface area (Å²) in [6.45, 7) is 5.88. The van der Waals surface area contributed by atoms with Crippen molar-refractivity contribution in [2.24, 2.45) is 0 Å². The van der Waals surface area contributed by atoms with Crippen molar-refractivity contribution < 1.29 is 14.6 Å². The second kappa shape index (κ2) is 5.74. The van der Waals surface area contributed by atoms with Crippen molar-refractivity contribution in [3.05, 3.63) is 21.7 Å². The highest BCUT2D eigenvalue weighted by molar-refractivity contribution is 9.10. The van der Waals surface area contributed by atoms with E-state index < -0.39 is 6.10 Å². The van der Waals surface area contributed by atoms with E-state index >= 15 is 0 Å². The first kappa shape index (κ1) is 14.3. The quantitative estimate of drug-likeness (QED) is 0.923. The van der Waals surface area contributed by atoms with Crippen LogP contribution in [0.3, 0.4) is 0 Å². The molecule has 0 fully saturated rings. The number of aliphatic hydroxyl groups excluding tert-OH is 1. The van der Waals surface area contributed by atoms with E-state index in [-0.39, 0.29) is 5.92 Å². The minimum Gasteiger partial charge on any atom is -0.493 e. The summed E-state index contributed by atoms with van der Waals surface area (Å²) < 4.78 is 11.6. The lowest BCUT2D eigenvalue weighted by molar-refractivity contribution is 0.196. The molecule has 1 unspecified atom stereocenters. The molecule has 1 aromatic rings. The predicted molar refractivity (Wildman–Crippen MR) is 72.0 cm³/mol. The van der Waals surface area contributed by atoms with Crippen LogP contribution in [-0.2, 0) is 0 Å². The van der Waals surface area contributed by atoms with E-state index in [0.717, 1.165) is 15.6 Å². The van der Waals surface area contributed by atoms with E-state index in [1.54, 1.807) is 21.1 Å². The van der Waals surface area contributed by atoms with Gasteiger partial charge in [0.15, 0.2) is 11.5 Å². The third-order valence-electron chi connectivity index (χ3n) is 2.70. The molecule has 0 spiro atoms. The molecule has 0 heterocycles. The normalized spacial score (nSPS) is 12.7. The fourth-order valence-electron chi connectivity index (χ4n) is 1.98. The first-order chi connectivity index (χ1) is 7.93. The molecule has 17 heavy (non-hydrogen) atoms. The zero-order chi connectivity index (χ0) is 13.2. The lowest BCUT2D eigenvalue weighted by Crippen LogP contribution is -2.06. The number of benzene rings is 1. The van der Waals surface area contributed by atoms with Crippen LogP contribution in [0.1, 0.15) is 43.9 Å². The van der Waals surface area contributed by atoms with E-state index in [9.17, 15) is 5.11 Å². The van der Waals surface area contributed by atoms with E-state index in [0.29, 0.717) is 11.5 Å². The Labute approximate surface area is 111 Å². The molecular formula is C13H19BrO3. The minimum atomic E-state index is -0.538. The maximum absolute atomic E-state index is 9.84. The predicted octanol–water partition coefficient (Wildman–Crippen LogP) is 3.64. The van der Waals surface area contributed by atoms with Crippen LogP contribution < -0.4 is 9.47 Å². The van der Waals surface area contributed by atoms with Gasteiger partial charge in [0.1, 0.15) is 0 Å². The van der Waals surface area contributed by atoms with Crippen LogP contribution in [-0.4, -0.2) is 19.3 Å². The Kier molecular flexibility index (Phi) is 4.83. The summed E-state index contributed by atoms with van der Waals surface area (Å²) in [7, 11) is 3.22. The van der Waals surface area contributed by atoms with Gasteiger partial charge in [0.2, 0.25) is 0 Å². The molecule has 0 aliphatic carbocycles. The summed E-state index contributed by atoms with van der Waals surface area (Å²) in [5.74, 6) is 1.60. The monoisotopic (exact) mass is 302 g/mol. The lowest BCUT2D eigenvalue weighted by atomic mass is 9.93. The molecule has 0 aromatic heterocycles. The maximum Gasteiger partial charge on any atom is 0.175 e. The van der Waals surface area contributed by atoms with Gasteiger partial charge in [0.05, 0.1) is 24.8 Å². The second-order valence-electron chi connectivity index (χ2n) is 4.26. The van der Waals surface area contributed by atoms with Gasteiger partial charge in [-0.15, -0.1) is 0 Å². The fourth-order valence-corrected chi connectivity index (χ4v) is 2.56. The number of rotatable bonds is 4. The fraction of sp³-hybridized carbons (Fsp3) is 0.538. The van der Waals surface area contributed by atoms with Gasteiger partial charge in [0.25, 0.3) is 0 Å². The first-order valence-electron chi connectivity index (χ1n) is 5.56. The number of hydrogen-bond acceptors (Lipinski definition) is 3. The van der Waals surface area contributed by atoms with E-state index in [1.807, 2.05) is 6.07 Å². The summed E-state index contributed by atoms with van der Waals surface area (Å²) in [5.41, 5.74) is 1.85. The molecule has 0 bridgehead atoms. The summed E-state index contributed by atoms with van der Waals surface area (Å²) in [5, 5.41) is 9.84. The maximum atomic E-state index is 9.84. The van der Waals surface area contributed by atoms with Crippen molar-refractivity contribution in [1.29, 1.82) is 0 Å². The lowest BCUT2D eigenvalue weighted by Gasteiger charge is -2.22. The molecule has 3 nitrogen and oxygen atoms in total. The highest BCUT2D eigenvalue weighted by atomic mass is 79.9. The highest BCUT2D eigenvalue weighted by Gasteiger charge is 2.22. The van der Waals surface area contributed by atoms with Crippen molar-refractivity contribution in [2.75, 3.05) is 14.2 Å². The molecule has 1 N–H and O–H groups in total. The molecule has 96 valence electrons. The summed E-state index contributed by atoms with van der Waals surface area (Å²) in [6.07, 6.45) is -0.538. The summed E-state index contributed by atoms with van der Waals surface area (Å²) >= 11 is 3.43. The molecule has 1 aromatic carbocycles.